The maximum absolute atomic E-state index is 2.80. The van der Waals surface area contributed by atoms with Crippen molar-refractivity contribution < 1.29 is 0 Å². The minimum atomic E-state index is 0.798. The lowest BCUT2D eigenvalue weighted by Crippen LogP contribution is -2.57. The van der Waals surface area contributed by atoms with E-state index < -0.39 is 0 Å². The van der Waals surface area contributed by atoms with Gasteiger partial charge in [0, 0.05) is 25.2 Å². The number of nitrogens with zero attached hydrogens (tertiary/aromatic N) is 2. The summed E-state index contributed by atoms with van der Waals surface area (Å²) in [6.07, 6.45) is 7.85. The highest BCUT2D eigenvalue weighted by Gasteiger charge is 2.36. The molecule has 2 aliphatic heterocycles. The van der Waals surface area contributed by atoms with Crippen molar-refractivity contribution in [3.8, 4) is 0 Å². The monoisotopic (exact) mass is 270 g/mol. The molecule has 2 nitrogen and oxygen atoms in total. The average molecular weight is 270 g/mol. The van der Waals surface area contributed by atoms with Crippen LogP contribution in [0.4, 0.5) is 0 Å². The lowest BCUT2D eigenvalue weighted by atomic mass is 9.97. The Bertz CT molecular complexity index is 245. The van der Waals surface area contributed by atoms with Gasteiger partial charge in [0.25, 0.3) is 0 Å². The fourth-order valence-corrected chi connectivity index (χ4v) is 4.05. The first-order chi connectivity index (χ1) is 8.72. The van der Waals surface area contributed by atoms with Gasteiger partial charge in [-0.15, -0.1) is 0 Å². The van der Waals surface area contributed by atoms with Crippen molar-refractivity contribution in [1.29, 1.82) is 0 Å². The summed E-state index contributed by atoms with van der Waals surface area (Å²) in [4.78, 5) is 5.56. The zero-order valence-electron chi connectivity index (χ0n) is 12.4. The highest BCUT2D eigenvalue weighted by Crippen LogP contribution is 2.27. The van der Waals surface area contributed by atoms with Crippen LogP contribution in [-0.2, 0) is 0 Å². The molecule has 2 unspecified atom stereocenters. The second-order valence-electron chi connectivity index (χ2n) is 6.30. The second-order valence-corrected chi connectivity index (χ2v) is 7.28. The first-order valence-electron chi connectivity index (χ1n) is 7.69. The van der Waals surface area contributed by atoms with E-state index in [1.54, 1.807) is 0 Å². The predicted octanol–water partition coefficient (Wildman–Crippen LogP) is 2.93. The third-order valence-corrected chi connectivity index (χ3v) is 5.35. The number of piperazine rings is 1. The zero-order valence-corrected chi connectivity index (χ0v) is 13.2. The summed E-state index contributed by atoms with van der Waals surface area (Å²) in [6, 6.07) is 1.68. The molecular formula is C15H30N2S. The Morgan fingerprint density at radius 1 is 1.22 bits per heavy atom. The lowest BCUT2D eigenvalue weighted by Gasteiger charge is -2.45. The molecule has 0 aromatic rings. The van der Waals surface area contributed by atoms with Crippen molar-refractivity contribution in [2.24, 2.45) is 5.92 Å². The van der Waals surface area contributed by atoms with Gasteiger partial charge in [-0.1, -0.05) is 13.8 Å². The molecule has 0 aliphatic carbocycles. The van der Waals surface area contributed by atoms with Gasteiger partial charge in [-0.25, -0.2) is 0 Å². The number of unbranched alkanes of at least 4 members (excludes halogenated alkanes) is 1. The van der Waals surface area contributed by atoms with E-state index in [1.165, 1.54) is 57.6 Å². The second kappa shape index (κ2) is 7.16. The average Bonchev–Trinajstić information content (AvgIpc) is 2.80. The van der Waals surface area contributed by atoms with Crippen molar-refractivity contribution in [3.63, 3.8) is 0 Å². The topological polar surface area (TPSA) is 6.48 Å². The molecule has 0 bridgehead atoms. The lowest BCUT2D eigenvalue weighted by molar-refractivity contribution is 0.0287. The molecule has 3 heteroatoms. The standard InChI is InChI=1S/C15H30N2S/c1-13(2)15-12-16-9-6-7-14(16)11-17(15)8-4-5-10-18-3/h13-15H,4-12H2,1-3H3. The van der Waals surface area contributed by atoms with Gasteiger partial charge in [-0.05, 0) is 56.7 Å². The molecule has 2 rings (SSSR count). The molecule has 0 saturated carbocycles. The quantitative estimate of drug-likeness (QED) is 0.685. The molecule has 0 radical (unpaired) electrons. The Hall–Kier alpha value is 0.270. The van der Waals surface area contributed by atoms with Gasteiger partial charge < -0.3 is 0 Å². The maximum atomic E-state index is 2.80. The minimum absolute atomic E-state index is 0.798. The molecule has 2 atom stereocenters. The Balaban J connectivity index is 1.84. The number of hydrogen-bond donors (Lipinski definition) is 0. The van der Waals surface area contributed by atoms with Crippen LogP contribution in [0.3, 0.4) is 0 Å². The van der Waals surface area contributed by atoms with E-state index >= 15 is 0 Å². The molecule has 0 N–H and O–H groups in total. The Labute approximate surface area is 117 Å². The molecule has 0 aromatic heterocycles. The Morgan fingerprint density at radius 2 is 2.06 bits per heavy atom. The molecule has 2 aliphatic rings. The molecule has 0 spiro atoms. The fraction of sp³-hybridized carbons (Fsp3) is 1.00. The van der Waals surface area contributed by atoms with E-state index in [9.17, 15) is 0 Å². The summed E-state index contributed by atoms with van der Waals surface area (Å²) in [7, 11) is 0. The number of thioether (sulfide) groups is 1. The minimum Gasteiger partial charge on any atom is -0.298 e. The van der Waals surface area contributed by atoms with Crippen LogP contribution < -0.4 is 0 Å². The zero-order chi connectivity index (χ0) is 13.0. The largest absolute Gasteiger partial charge is 0.298 e. The number of rotatable bonds is 6. The summed E-state index contributed by atoms with van der Waals surface area (Å²) in [5, 5.41) is 0. The van der Waals surface area contributed by atoms with Crippen molar-refractivity contribution in [3.05, 3.63) is 0 Å². The molecule has 0 amide bonds. The third kappa shape index (κ3) is 3.64. The summed E-state index contributed by atoms with van der Waals surface area (Å²) < 4.78 is 0. The highest BCUT2D eigenvalue weighted by molar-refractivity contribution is 7.98. The molecule has 0 aromatic carbocycles. The normalized spacial score (nSPS) is 30.0. The SMILES string of the molecule is CSCCCCN1CC2CCCN2CC1C(C)C. The van der Waals surface area contributed by atoms with Crippen molar-refractivity contribution in [1.82, 2.24) is 9.80 Å². The van der Waals surface area contributed by atoms with Crippen LogP contribution in [0, 0.1) is 5.92 Å². The van der Waals surface area contributed by atoms with Crippen LogP contribution in [0.2, 0.25) is 0 Å². The Kier molecular flexibility index (Phi) is 5.84. The van der Waals surface area contributed by atoms with Gasteiger partial charge in [-0.2, -0.15) is 11.8 Å². The molecular weight excluding hydrogens is 240 g/mol. The van der Waals surface area contributed by atoms with E-state index in [0.717, 1.165) is 18.0 Å². The Morgan fingerprint density at radius 3 is 2.78 bits per heavy atom. The van der Waals surface area contributed by atoms with Gasteiger partial charge >= 0.3 is 0 Å². The van der Waals surface area contributed by atoms with Crippen molar-refractivity contribution >= 4 is 11.8 Å². The van der Waals surface area contributed by atoms with Crippen LogP contribution in [0.1, 0.15) is 39.5 Å². The third-order valence-electron chi connectivity index (χ3n) is 4.65. The first-order valence-corrected chi connectivity index (χ1v) is 9.08. The van der Waals surface area contributed by atoms with E-state index in [2.05, 4.69) is 29.9 Å². The number of fused-ring (bicyclic) bond motifs is 1. The van der Waals surface area contributed by atoms with Gasteiger partial charge in [0.1, 0.15) is 0 Å². The molecule has 2 heterocycles. The van der Waals surface area contributed by atoms with E-state index in [1.807, 2.05) is 11.8 Å². The van der Waals surface area contributed by atoms with E-state index in [-0.39, 0.29) is 0 Å². The van der Waals surface area contributed by atoms with Crippen LogP contribution in [0.25, 0.3) is 0 Å². The van der Waals surface area contributed by atoms with Crippen molar-refractivity contribution in [2.45, 2.75) is 51.6 Å². The summed E-state index contributed by atoms with van der Waals surface area (Å²) >= 11 is 1.98. The predicted molar refractivity (Wildman–Crippen MR) is 82.4 cm³/mol. The van der Waals surface area contributed by atoms with E-state index in [4.69, 9.17) is 0 Å². The van der Waals surface area contributed by atoms with Gasteiger partial charge in [-0.3, -0.25) is 9.80 Å². The van der Waals surface area contributed by atoms with Crippen LogP contribution in [-0.4, -0.2) is 60.1 Å². The fourth-order valence-electron chi connectivity index (χ4n) is 3.55. The highest BCUT2D eigenvalue weighted by atomic mass is 32.2. The summed E-state index contributed by atoms with van der Waals surface area (Å²) in [5.74, 6) is 2.13. The van der Waals surface area contributed by atoms with Crippen molar-refractivity contribution in [2.75, 3.05) is 38.2 Å². The molecule has 18 heavy (non-hydrogen) atoms. The summed E-state index contributed by atoms with van der Waals surface area (Å²) in [5.41, 5.74) is 0. The van der Waals surface area contributed by atoms with Crippen LogP contribution >= 0.6 is 11.8 Å². The number of hydrogen-bond acceptors (Lipinski definition) is 3. The van der Waals surface area contributed by atoms with E-state index in [0.29, 0.717) is 0 Å². The molecule has 2 saturated heterocycles. The van der Waals surface area contributed by atoms with Gasteiger partial charge in [0.2, 0.25) is 0 Å². The molecule has 106 valence electrons. The van der Waals surface area contributed by atoms with Gasteiger partial charge in [0.05, 0.1) is 0 Å². The smallest absolute Gasteiger partial charge is 0.0246 e. The molecule has 2 fully saturated rings. The summed E-state index contributed by atoms with van der Waals surface area (Å²) in [6.45, 7) is 10.1. The van der Waals surface area contributed by atoms with Gasteiger partial charge in [0.15, 0.2) is 0 Å². The van der Waals surface area contributed by atoms with Crippen LogP contribution in [0.15, 0.2) is 0 Å². The van der Waals surface area contributed by atoms with Crippen LogP contribution in [0.5, 0.6) is 0 Å². The first kappa shape index (κ1) is 14.7. The maximum Gasteiger partial charge on any atom is 0.0246 e.